The van der Waals surface area contributed by atoms with E-state index in [1.54, 1.807) is 6.26 Å². The van der Waals surface area contributed by atoms with E-state index in [1.165, 1.54) is 5.57 Å². The lowest BCUT2D eigenvalue weighted by Crippen LogP contribution is -2.46. The van der Waals surface area contributed by atoms with Crippen LogP contribution in [0.25, 0.3) is 6.08 Å². The van der Waals surface area contributed by atoms with Gasteiger partial charge in [-0.1, -0.05) is 5.57 Å². The van der Waals surface area contributed by atoms with E-state index in [0.717, 1.165) is 18.6 Å². The second kappa shape index (κ2) is 3.83. The monoisotopic (exact) mass is 207 g/mol. The molecule has 1 aliphatic carbocycles. The first-order chi connectivity index (χ1) is 7.16. The van der Waals surface area contributed by atoms with E-state index in [9.17, 15) is 5.11 Å². The summed E-state index contributed by atoms with van der Waals surface area (Å²) in [7, 11) is 0. The highest BCUT2D eigenvalue weighted by atomic mass is 16.3. The van der Waals surface area contributed by atoms with Crippen molar-refractivity contribution in [2.75, 3.05) is 6.54 Å². The van der Waals surface area contributed by atoms with Gasteiger partial charge in [-0.15, -0.1) is 0 Å². The van der Waals surface area contributed by atoms with Crippen molar-refractivity contribution in [3.63, 3.8) is 0 Å². The molecular formula is C12H17NO2. The summed E-state index contributed by atoms with van der Waals surface area (Å²) in [5.41, 5.74) is 6.97. The Morgan fingerprint density at radius 3 is 2.93 bits per heavy atom. The first kappa shape index (κ1) is 10.5. The molecule has 2 rings (SSSR count). The van der Waals surface area contributed by atoms with Crippen LogP contribution in [-0.4, -0.2) is 17.8 Å². The van der Waals surface area contributed by atoms with E-state index in [2.05, 4.69) is 6.92 Å². The summed E-state index contributed by atoms with van der Waals surface area (Å²) >= 11 is 0. The quantitative estimate of drug-likeness (QED) is 0.794. The van der Waals surface area contributed by atoms with Crippen LogP contribution in [-0.2, 0) is 0 Å². The smallest absolute Gasteiger partial charge is 0.126 e. The highest BCUT2D eigenvalue weighted by Crippen LogP contribution is 2.46. The van der Waals surface area contributed by atoms with E-state index >= 15 is 0 Å². The number of nitrogens with two attached hydrogens (primary N) is 1. The van der Waals surface area contributed by atoms with Crippen molar-refractivity contribution in [3.05, 3.63) is 29.7 Å². The maximum absolute atomic E-state index is 9.38. The number of hydrogen-bond acceptors (Lipinski definition) is 3. The molecule has 82 valence electrons. The first-order valence-electron chi connectivity index (χ1n) is 5.27. The minimum Gasteiger partial charge on any atom is -0.465 e. The molecule has 1 fully saturated rings. The standard InChI is InChI=1S/C12H17NO2/c1-9(5-11-3-2-4-15-11)12(8-13)6-10(14)7-12/h2-5,10,14H,6-8,13H2,1H3/b9-5-. The molecule has 1 aliphatic rings. The number of aliphatic hydroxyl groups is 1. The Bertz CT molecular complexity index is 348. The summed E-state index contributed by atoms with van der Waals surface area (Å²) in [6.07, 6.45) is 5.02. The zero-order valence-electron chi connectivity index (χ0n) is 8.94. The van der Waals surface area contributed by atoms with E-state index < -0.39 is 0 Å². The lowest BCUT2D eigenvalue weighted by Gasteiger charge is -2.45. The van der Waals surface area contributed by atoms with Gasteiger partial charge in [-0.05, 0) is 38.0 Å². The van der Waals surface area contributed by atoms with Crippen LogP contribution >= 0.6 is 0 Å². The van der Waals surface area contributed by atoms with Gasteiger partial charge in [0, 0.05) is 12.0 Å². The minimum atomic E-state index is -0.187. The van der Waals surface area contributed by atoms with E-state index in [0.29, 0.717) is 6.54 Å². The van der Waals surface area contributed by atoms with Gasteiger partial charge in [-0.25, -0.2) is 0 Å². The summed E-state index contributed by atoms with van der Waals surface area (Å²) < 4.78 is 5.26. The fourth-order valence-electron chi connectivity index (χ4n) is 2.23. The van der Waals surface area contributed by atoms with Crippen LogP contribution in [0, 0.1) is 5.41 Å². The highest BCUT2D eigenvalue weighted by molar-refractivity contribution is 5.49. The molecule has 0 bridgehead atoms. The summed E-state index contributed by atoms with van der Waals surface area (Å²) in [5, 5.41) is 9.38. The number of rotatable bonds is 3. The fourth-order valence-corrected chi connectivity index (χ4v) is 2.23. The number of furan rings is 1. The predicted octanol–water partition coefficient (Wildman–Crippen LogP) is 1.78. The van der Waals surface area contributed by atoms with Gasteiger partial charge >= 0.3 is 0 Å². The van der Waals surface area contributed by atoms with Crippen molar-refractivity contribution in [2.24, 2.45) is 11.1 Å². The molecule has 0 spiro atoms. The van der Waals surface area contributed by atoms with Gasteiger partial charge in [0.1, 0.15) is 5.76 Å². The Morgan fingerprint density at radius 2 is 2.47 bits per heavy atom. The van der Waals surface area contributed by atoms with Gasteiger partial charge < -0.3 is 15.3 Å². The van der Waals surface area contributed by atoms with Crippen molar-refractivity contribution in [1.29, 1.82) is 0 Å². The van der Waals surface area contributed by atoms with Gasteiger partial charge in [-0.2, -0.15) is 0 Å². The van der Waals surface area contributed by atoms with Crippen molar-refractivity contribution in [2.45, 2.75) is 25.9 Å². The molecule has 0 atom stereocenters. The minimum absolute atomic E-state index is 0.00773. The van der Waals surface area contributed by atoms with Crippen LogP contribution in [0.5, 0.6) is 0 Å². The lowest BCUT2D eigenvalue weighted by atomic mass is 9.62. The molecule has 0 saturated heterocycles. The average Bonchev–Trinajstić information content (AvgIpc) is 2.64. The van der Waals surface area contributed by atoms with Crippen molar-refractivity contribution in [3.8, 4) is 0 Å². The summed E-state index contributed by atoms with van der Waals surface area (Å²) in [5.74, 6) is 0.849. The third kappa shape index (κ3) is 1.85. The topological polar surface area (TPSA) is 59.4 Å². The van der Waals surface area contributed by atoms with Crippen LogP contribution < -0.4 is 5.73 Å². The van der Waals surface area contributed by atoms with Gasteiger partial charge in [0.15, 0.2) is 0 Å². The summed E-state index contributed by atoms with van der Waals surface area (Å²) in [4.78, 5) is 0. The van der Waals surface area contributed by atoms with Crippen LogP contribution in [0.1, 0.15) is 25.5 Å². The van der Waals surface area contributed by atoms with E-state index in [4.69, 9.17) is 10.2 Å². The molecule has 3 N–H and O–H groups in total. The third-order valence-corrected chi connectivity index (χ3v) is 3.38. The Kier molecular flexibility index (Phi) is 2.67. The van der Waals surface area contributed by atoms with Gasteiger partial charge in [-0.3, -0.25) is 0 Å². The SMILES string of the molecule is C/C(=C/c1ccco1)C1(CN)CC(O)C1. The molecule has 1 saturated carbocycles. The maximum atomic E-state index is 9.38. The first-order valence-corrected chi connectivity index (χ1v) is 5.27. The predicted molar refractivity (Wildman–Crippen MR) is 59.1 cm³/mol. The maximum Gasteiger partial charge on any atom is 0.126 e. The molecule has 0 aliphatic heterocycles. The lowest BCUT2D eigenvalue weighted by molar-refractivity contribution is -0.00261. The molecule has 3 heteroatoms. The second-order valence-electron chi connectivity index (χ2n) is 4.39. The zero-order chi connectivity index (χ0) is 10.9. The molecule has 0 amide bonds. The van der Waals surface area contributed by atoms with Crippen LogP contribution in [0.4, 0.5) is 0 Å². The fraction of sp³-hybridized carbons (Fsp3) is 0.500. The Labute approximate surface area is 89.6 Å². The number of aliphatic hydroxyl groups excluding tert-OH is 1. The van der Waals surface area contributed by atoms with E-state index in [1.807, 2.05) is 18.2 Å². The molecule has 1 aromatic heterocycles. The second-order valence-corrected chi connectivity index (χ2v) is 4.39. The zero-order valence-corrected chi connectivity index (χ0v) is 8.94. The van der Waals surface area contributed by atoms with Gasteiger partial charge in [0.05, 0.1) is 12.4 Å². The van der Waals surface area contributed by atoms with Crippen molar-refractivity contribution < 1.29 is 9.52 Å². The third-order valence-electron chi connectivity index (χ3n) is 3.38. The molecule has 1 heterocycles. The normalized spacial score (nSPS) is 31.4. The van der Waals surface area contributed by atoms with Crippen molar-refractivity contribution >= 4 is 6.08 Å². The molecule has 3 nitrogen and oxygen atoms in total. The average molecular weight is 207 g/mol. The molecule has 0 unspecified atom stereocenters. The van der Waals surface area contributed by atoms with Crippen molar-refractivity contribution in [1.82, 2.24) is 0 Å². The Hall–Kier alpha value is -1.06. The Balaban J connectivity index is 2.16. The highest BCUT2D eigenvalue weighted by Gasteiger charge is 2.43. The summed E-state index contributed by atoms with van der Waals surface area (Å²) in [6, 6.07) is 3.78. The van der Waals surface area contributed by atoms with Gasteiger partial charge in [0.2, 0.25) is 0 Å². The largest absolute Gasteiger partial charge is 0.465 e. The number of hydrogen-bond donors (Lipinski definition) is 2. The molecular weight excluding hydrogens is 190 g/mol. The molecule has 0 aromatic carbocycles. The van der Waals surface area contributed by atoms with Crippen LogP contribution in [0.3, 0.4) is 0 Å². The van der Waals surface area contributed by atoms with Crippen LogP contribution in [0.2, 0.25) is 0 Å². The molecule has 1 aromatic rings. The molecule has 0 radical (unpaired) electrons. The van der Waals surface area contributed by atoms with Crippen LogP contribution in [0.15, 0.2) is 28.4 Å². The van der Waals surface area contributed by atoms with Gasteiger partial charge in [0.25, 0.3) is 0 Å². The van der Waals surface area contributed by atoms with E-state index in [-0.39, 0.29) is 11.5 Å². The summed E-state index contributed by atoms with van der Waals surface area (Å²) in [6.45, 7) is 2.65. The Morgan fingerprint density at radius 1 is 1.73 bits per heavy atom. The molecule has 15 heavy (non-hydrogen) atoms.